The molecule has 6 nitrogen and oxygen atoms in total. The minimum atomic E-state index is -0.0539. The maximum atomic E-state index is 12.1. The number of anilines is 1. The molecule has 0 atom stereocenters. The zero-order valence-electron chi connectivity index (χ0n) is 13.5. The average Bonchev–Trinajstić information content (AvgIpc) is 3.05. The van der Waals surface area contributed by atoms with Gasteiger partial charge in [-0.25, -0.2) is 0 Å². The monoisotopic (exact) mass is 315 g/mol. The second-order valence-corrected chi connectivity index (χ2v) is 5.81. The van der Waals surface area contributed by atoms with E-state index in [9.17, 15) is 4.79 Å². The second kappa shape index (κ2) is 6.81. The summed E-state index contributed by atoms with van der Waals surface area (Å²) in [5.74, 6) is 1.19. The molecule has 6 heteroatoms. The number of hydrogen-bond acceptors (Lipinski definition) is 5. The van der Waals surface area contributed by atoms with Crippen LogP contribution in [-0.4, -0.2) is 29.2 Å². The van der Waals surface area contributed by atoms with Crippen LogP contribution in [0.25, 0.3) is 11.4 Å². The lowest BCUT2D eigenvalue weighted by molar-refractivity contribution is -0.117. The topological polar surface area (TPSA) is 68.5 Å². The van der Waals surface area contributed by atoms with E-state index in [-0.39, 0.29) is 18.0 Å². The average molecular weight is 315 g/mol. The number of amides is 1. The third kappa shape index (κ3) is 3.36. The minimum Gasteiger partial charge on any atom is -0.497 e. The fourth-order valence-electron chi connectivity index (χ4n) is 3.06. The molecule has 1 aliphatic rings. The zero-order valence-corrected chi connectivity index (χ0v) is 13.5. The van der Waals surface area contributed by atoms with E-state index >= 15 is 0 Å². The van der Waals surface area contributed by atoms with Crippen molar-refractivity contribution in [1.29, 1.82) is 0 Å². The summed E-state index contributed by atoms with van der Waals surface area (Å²) in [6, 6.07) is 7.86. The van der Waals surface area contributed by atoms with Crippen LogP contribution >= 0.6 is 0 Å². The van der Waals surface area contributed by atoms with Crippen LogP contribution in [0, 0.1) is 0 Å². The van der Waals surface area contributed by atoms with Crippen LogP contribution in [0.5, 0.6) is 5.75 Å². The van der Waals surface area contributed by atoms with Gasteiger partial charge in [0.15, 0.2) is 0 Å². The maximum Gasteiger partial charge on any atom is 0.331 e. The Hall–Kier alpha value is -2.37. The summed E-state index contributed by atoms with van der Waals surface area (Å²) in [5.41, 5.74) is 0.827. The molecule has 1 aliphatic carbocycles. The predicted octanol–water partition coefficient (Wildman–Crippen LogP) is 3.43. The Morgan fingerprint density at radius 2 is 1.91 bits per heavy atom. The Labute approximate surface area is 135 Å². The van der Waals surface area contributed by atoms with Crippen LogP contribution in [0.3, 0.4) is 0 Å². The molecule has 0 unspecified atom stereocenters. The first kappa shape index (κ1) is 15.5. The molecule has 23 heavy (non-hydrogen) atoms. The Kier molecular flexibility index (Phi) is 4.60. The van der Waals surface area contributed by atoms with Crippen molar-refractivity contribution in [3.05, 3.63) is 24.3 Å². The Balaban J connectivity index is 1.84. The number of benzene rings is 1. The van der Waals surface area contributed by atoms with E-state index in [2.05, 4.69) is 10.1 Å². The zero-order chi connectivity index (χ0) is 16.2. The molecule has 0 saturated heterocycles. The largest absolute Gasteiger partial charge is 0.497 e. The third-order valence-corrected chi connectivity index (χ3v) is 4.25. The number of carbonyl (C=O) groups excluding carboxylic acids is 1. The molecular weight excluding hydrogens is 294 g/mol. The van der Waals surface area contributed by atoms with Crippen molar-refractivity contribution in [3.8, 4) is 17.1 Å². The number of carbonyl (C=O) groups is 1. The molecule has 1 amide bonds. The third-order valence-electron chi connectivity index (χ3n) is 4.25. The van der Waals surface area contributed by atoms with Gasteiger partial charge in [0.05, 0.1) is 7.11 Å². The summed E-state index contributed by atoms with van der Waals surface area (Å²) in [5, 5.41) is 4.02. The van der Waals surface area contributed by atoms with Crippen LogP contribution in [0.15, 0.2) is 28.8 Å². The van der Waals surface area contributed by atoms with Crippen LogP contribution in [0.2, 0.25) is 0 Å². The lowest BCUT2D eigenvalue weighted by Crippen LogP contribution is -2.40. The van der Waals surface area contributed by atoms with Crippen LogP contribution < -0.4 is 9.64 Å². The summed E-state index contributed by atoms with van der Waals surface area (Å²) >= 11 is 0. The summed E-state index contributed by atoms with van der Waals surface area (Å²) in [6.45, 7) is 1.55. The van der Waals surface area contributed by atoms with E-state index in [0.29, 0.717) is 5.82 Å². The predicted molar refractivity (Wildman–Crippen MR) is 86.3 cm³/mol. The van der Waals surface area contributed by atoms with Gasteiger partial charge in [-0.05, 0) is 37.1 Å². The molecule has 1 saturated carbocycles. The van der Waals surface area contributed by atoms with E-state index < -0.39 is 0 Å². The fraction of sp³-hybridized carbons (Fsp3) is 0.471. The quantitative estimate of drug-likeness (QED) is 0.864. The highest BCUT2D eigenvalue weighted by molar-refractivity contribution is 5.89. The Bertz CT molecular complexity index is 660. The van der Waals surface area contributed by atoms with E-state index in [1.165, 1.54) is 6.42 Å². The van der Waals surface area contributed by atoms with Crippen LogP contribution in [0.1, 0.15) is 39.0 Å². The number of aromatic nitrogens is 2. The number of hydrogen-bond donors (Lipinski definition) is 0. The van der Waals surface area contributed by atoms with Gasteiger partial charge in [-0.1, -0.05) is 24.4 Å². The first-order valence-corrected chi connectivity index (χ1v) is 7.97. The fourth-order valence-corrected chi connectivity index (χ4v) is 3.06. The molecule has 0 bridgehead atoms. The van der Waals surface area contributed by atoms with Crippen molar-refractivity contribution in [2.75, 3.05) is 12.0 Å². The molecule has 0 radical (unpaired) electrons. The molecule has 0 spiro atoms. The van der Waals surface area contributed by atoms with Gasteiger partial charge in [-0.3, -0.25) is 9.69 Å². The summed E-state index contributed by atoms with van der Waals surface area (Å²) in [4.78, 5) is 18.1. The molecule has 122 valence electrons. The highest BCUT2D eigenvalue weighted by Gasteiger charge is 2.28. The SMILES string of the molecule is COc1ccc(-c2noc(N(C(C)=O)C3CCCCC3)n2)cc1. The highest BCUT2D eigenvalue weighted by atomic mass is 16.5. The molecular formula is C17H21N3O3. The summed E-state index contributed by atoms with van der Waals surface area (Å²) < 4.78 is 10.5. The van der Waals surface area contributed by atoms with Gasteiger partial charge in [0, 0.05) is 18.5 Å². The molecule has 1 heterocycles. The van der Waals surface area contributed by atoms with Crippen molar-refractivity contribution in [3.63, 3.8) is 0 Å². The van der Waals surface area contributed by atoms with Crippen LogP contribution in [-0.2, 0) is 4.79 Å². The summed E-state index contributed by atoms with van der Waals surface area (Å²) in [6.07, 6.45) is 5.46. The summed E-state index contributed by atoms with van der Waals surface area (Å²) in [7, 11) is 1.62. The van der Waals surface area contributed by atoms with Crippen molar-refractivity contribution < 1.29 is 14.1 Å². The van der Waals surface area contributed by atoms with E-state index in [0.717, 1.165) is 37.0 Å². The van der Waals surface area contributed by atoms with Gasteiger partial charge >= 0.3 is 6.01 Å². The smallest absolute Gasteiger partial charge is 0.331 e. The van der Waals surface area contributed by atoms with Crippen molar-refractivity contribution >= 4 is 11.9 Å². The first-order valence-electron chi connectivity index (χ1n) is 7.97. The Morgan fingerprint density at radius 1 is 1.22 bits per heavy atom. The van der Waals surface area contributed by atoms with E-state index in [1.54, 1.807) is 18.9 Å². The van der Waals surface area contributed by atoms with Gasteiger partial charge in [-0.15, -0.1) is 0 Å². The molecule has 1 fully saturated rings. The maximum absolute atomic E-state index is 12.1. The molecule has 0 aliphatic heterocycles. The Morgan fingerprint density at radius 3 is 2.52 bits per heavy atom. The standard InChI is InChI=1S/C17H21N3O3/c1-12(21)20(14-6-4-3-5-7-14)17-18-16(19-23-17)13-8-10-15(22-2)11-9-13/h8-11,14H,3-7H2,1-2H3. The molecule has 0 N–H and O–H groups in total. The second-order valence-electron chi connectivity index (χ2n) is 5.81. The van der Waals surface area contributed by atoms with Gasteiger partial charge in [0.1, 0.15) is 5.75 Å². The minimum absolute atomic E-state index is 0.0539. The number of nitrogens with zero attached hydrogens (tertiary/aromatic N) is 3. The number of ether oxygens (including phenoxy) is 1. The van der Waals surface area contributed by atoms with Crippen molar-refractivity contribution in [2.24, 2.45) is 0 Å². The van der Waals surface area contributed by atoms with Gasteiger partial charge < -0.3 is 9.26 Å². The van der Waals surface area contributed by atoms with Gasteiger partial charge in [0.2, 0.25) is 11.7 Å². The van der Waals surface area contributed by atoms with E-state index in [4.69, 9.17) is 9.26 Å². The van der Waals surface area contributed by atoms with Gasteiger partial charge in [0.25, 0.3) is 0 Å². The molecule has 1 aromatic heterocycles. The number of methoxy groups -OCH3 is 1. The highest BCUT2D eigenvalue weighted by Crippen LogP contribution is 2.28. The van der Waals surface area contributed by atoms with E-state index in [1.807, 2.05) is 24.3 Å². The van der Waals surface area contributed by atoms with Crippen LogP contribution in [0.4, 0.5) is 6.01 Å². The molecule has 3 rings (SSSR count). The van der Waals surface area contributed by atoms with Crippen molar-refractivity contribution in [2.45, 2.75) is 45.1 Å². The van der Waals surface area contributed by atoms with Crippen molar-refractivity contribution in [1.82, 2.24) is 10.1 Å². The number of rotatable bonds is 4. The first-order chi connectivity index (χ1) is 11.2. The molecule has 2 aromatic rings. The van der Waals surface area contributed by atoms with Gasteiger partial charge in [-0.2, -0.15) is 4.98 Å². The lowest BCUT2D eigenvalue weighted by atomic mass is 9.94. The lowest BCUT2D eigenvalue weighted by Gasteiger charge is -2.30. The molecule has 1 aromatic carbocycles. The normalized spacial score (nSPS) is 15.4.